The van der Waals surface area contributed by atoms with Gasteiger partial charge in [0.15, 0.2) is 5.13 Å². The number of anilines is 1. The van der Waals surface area contributed by atoms with Gasteiger partial charge >= 0.3 is 12.1 Å². The lowest BCUT2D eigenvalue weighted by Crippen LogP contribution is -2.71. The summed E-state index contributed by atoms with van der Waals surface area (Å²) in [4.78, 5) is 57.2. The molecule has 2 atom stereocenters. The summed E-state index contributed by atoms with van der Waals surface area (Å²) in [6.07, 6.45) is -1.07. The van der Waals surface area contributed by atoms with E-state index in [1.54, 1.807) is 0 Å². The third-order valence-corrected chi connectivity index (χ3v) is 5.86. The van der Waals surface area contributed by atoms with E-state index in [-0.39, 0.29) is 40.3 Å². The van der Waals surface area contributed by atoms with Crippen LogP contribution in [-0.2, 0) is 24.0 Å². The summed E-state index contributed by atoms with van der Waals surface area (Å²) in [6.45, 7) is -0.362. The lowest BCUT2D eigenvalue weighted by molar-refractivity contribution is -0.150. The molecule has 2 aliphatic heterocycles. The number of aromatic nitrogens is 2. The van der Waals surface area contributed by atoms with Gasteiger partial charge in [-0.05, 0) is 0 Å². The topological polar surface area (TPSA) is 212 Å². The molecule has 3 rings (SSSR count). The van der Waals surface area contributed by atoms with Gasteiger partial charge in [0.05, 0.1) is 0 Å². The number of oxime groups is 1. The Bertz CT molecular complexity index is 976. The Morgan fingerprint density at radius 3 is 2.73 bits per heavy atom. The van der Waals surface area contributed by atoms with E-state index >= 15 is 0 Å². The predicted molar refractivity (Wildman–Crippen MR) is 103 cm³/mol. The molecule has 6 N–H and O–H groups in total. The first kappa shape index (κ1) is 21.3. The Labute approximate surface area is 176 Å². The van der Waals surface area contributed by atoms with Crippen LogP contribution < -0.4 is 16.8 Å². The van der Waals surface area contributed by atoms with Crippen LogP contribution in [0.25, 0.3) is 0 Å². The number of amides is 3. The number of nitrogen functional groups attached to an aromatic ring is 1. The molecule has 1 aromatic heterocycles. The molecule has 0 aromatic carbocycles. The fraction of sp³-hybridized carbons (Fsp3) is 0.357. The summed E-state index contributed by atoms with van der Waals surface area (Å²) in [5.74, 6) is -2.74. The molecule has 0 aliphatic carbocycles. The minimum atomic E-state index is -1.37. The van der Waals surface area contributed by atoms with Gasteiger partial charge in [-0.3, -0.25) is 14.5 Å². The van der Waals surface area contributed by atoms with Crippen molar-refractivity contribution >= 4 is 58.0 Å². The van der Waals surface area contributed by atoms with Crippen LogP contribution in [0.15, 0.2) is 16.4 Å². The molecule has 3 amide bonds. The number of aliphatic carboxylic acids is 1. The maximum absolute atomic E-state index is 12.6. The van der Waals surface area contributed by atoms with Crippen molar-refractivity contribution in [2.45, 2.75) is 11.4 Å². The number of rotatable bonds is 7. The fourth-order valence-corrected chi connectivity index (χ4v) is 4.53. The number of carbonyl (C=O) groups excluding carboxylic acids is 3. The molecule has 0 unspecified atom stereocenters. The number of nitrogens with two attached hydrogens (primary N) is 2. The number of thioether (sulfide) groups is 1. The molecule has 3 heterocycles. The number of fused-ring (bicyclic) bond motifs is 1. The SMILES string of the molecule is CO/N=C(\C(=O)N[C@@H]1C(=O)N2C(C(=O)O)=C(COC(N)=O)CS[C@H]12)c1nsc(N)n1. The Hall–Kier alpha value is -3.40. The van der Waals surface area contributed by atoms with Crippen molar-refractivity contribution in [3.8, 4) is 0 Å². The van der Waals surface area contributed by atoms with Gasteiger partial charge in [0.1, 0.15) is 30.8 Å². The van der Waals surface area contributed by atoms with E-state index in [0.717, 1.165) is 16.4 Å². The molecule has 2 aliphatic rings. The molecule has 160 valence electrons. The largest absolute Gasteiger partial charge is 0.477 e. The summed E-state index contributed by atoms with van der Waals surface area (Å²) in [5, 5.41) is 15.0. The molecular formula is C14H15N7O7S2. The Morgan fingerprint density at radius 1 is 1.43 bits per heavy atom. The van der Waals surface area contributed by atoms with E-state index in [2.05, 4.69) is 29.4 Å². The maximum Gasteiger partial charge on any atom is 0.404 e. The van der Waals surface area contributed by atoms with Gasteiger partial charge in [-0.25, -0.2) is 9.59 Å². The molecule has 14 nitrogen and oxygen atoms in total. The first-order valence-corrected chi connectivity index (χ1v) is 9.90. The summed E-state index contributed by atoms with van der Waals surface area (Å²) in [6, 6.07) is -1.02. The van der Waals surface area contributed by atoms with E-state index in [1.807, 2.05) is 0 Å². The second-order valence-corrected chi connectivity index (χ2v) is 7.69. The standard InChI is InChI=1S/C14H15N7O7S2/c1-27-19-5(8-18-13(15)30-20-8)9(22)17-6-10(23)21-7(12(24)25)4(2-28-14(16)26)3-29-11(6)21/h6,11H,2-3H2,1H3,(H2,16,26)(H,17,22)(H,24,25)(H2,15,18,20)/b19-5-/t6-,11-/m1/s1. The first-order valence-electron chi connectivity index (χ1n) is 8.08. The van der Waals surface area contributed by atoms with Crippen LogP contribution in [0.2, 0.25) is 0 Å². The van der Waals surface area contributed by atoms with Gasteiger partial charge in [0.2, 0.25) is 11.5 Å². The van der Waals surface area contributed by atoms with E-state index in [1.165, 1.54) is 18.9 Å². The number of nitrogens with one attached hydrogen (secondary N) is 1. The molecule has 1 fully saturated rings. The summed E-state index contributed by atoms with van der Waals surface area (Å²) < 4.78 is 8.53. The lowest BCUT2D eigenvalue weighted by Gasteiger charge is -2.49. The molecule has 30 heavy (non-hydrogen) atoms. The Kier molecular flexibility index (Phi) is 6.06. The van der Waals surface area contributed by atoms with Gasteiger partial charge in [0, 0.05) is 22.9 Å². The second kappa shape index (κ2) is 8.54. The highest BCUT2D eigenvalue weighted by molar-refractivity contribution is 8.00. The lowest BCUT2D eigenvalue weighted by atomic mass is 10.0. The van der Waals surface area contributed by atoms with E-state index < -0.39 is 35.3 Å². The van der Waals surface area contributed by atoms with Crippen molar-refractivity contribution in [2.75, 3.05) is 25.2 Å². The van der Waals surface area contributed by atoms with E-state index in [0.29, 0.717) is 0 Å². The van der Waals surface area contributed by atoms with Crippen molar-refractivity contribution in [1.29, 1.82) is 0 Å². The fourth-order valence-electron chi connectivity index (χ4n) is 2.77. The highest BCUT2D eigenvalue weighted by atomic mass is 32.2. The van der Waals surface area contributed by atoms with Crippen LogP contribution in [0.4, 0.5) is 9.93 Å². The number of primary amides is 1. The van der Waals surface area contributed by atoms with Crippen molar-refractivity contribution in [3.63, 3.8) is 0 Å². The first-order chi connectivity index (χ1) is 14.2. The summed E-state index contributed by atoms with van der Waals surface area (Å²) in [7, 11) is 1.22. The van der Waals surface area contributed by atoms with Gasteiger partial charge < -0.3 is 31.5 Å². The van der Waals surface area contributed by atoms with E-state index in [9.17, 15) is 24.3 Å². The van der Waals surface area contributed by atoms with Gasteiger partial charge in [0.25, 0.3) is 11.8 Å². The quantitative estimate of drug-likeness (QED) is 0.206. The normalized spacial score (nSPS) is 20.9. The van der Waals surface area contributed by atoms with Gasteiger partial charge in [-0.15, -0.1) is 11.8 Å². The summed E-state index contributed by atoms with van der Waals surface area (Å²) in [5.41, 5.74) is 10.0. The number of carbonyl (C=O) groups is 4. The smallest absolute Gasteiger partial charge is 0.404 e. The molecule has 16 heteroatoms. The van der Waals surface area contributed by atoms with Crippen LogP contribution in [0.1, 0.15) is 5.82 Å². The minimum Gasteiger partial charge on any atom is -0.477 e. The molecular weight excluding hydrogens is 442 g/mol. The average molecular weight is 457 g/mol. The zero-order valence-electron chi connectivity index (χ0n) is 15.2. The number of β-lactam (4-membered cyclic amide) rings is 1. The predicted octanol–water partition coefficient (Wildman–Crippen LogP) is -1.70. The van der Waals surface area contributed by atoms with Crippen molar-refractivity contribution in [3.05, 3.63) is 17.1 Å². The number of carboxylic acids is 1. The Balaban J connectivity index is 1.77. The zero-order valence-corrected chi connectivity index (χ0v) is 16.9. The Morgan fingerprint density at radius 2 is 2.17 bits per heavy atom. The molecule has 0 bridgehead atoms. The third kappa shape index (κ3) is 3.99. The average Bonchev–Trinajstić information content (AvgIpc) is 3.13. The summed E-state index contributed by atoms with van der Waals surface area (Å²) >= 11 is 2.04. The van der Waals surface area contributed by atoms with Crippen molar-refractivity contribution < 1.29 is 33.9 Å². The number of ether oxygens (including phenoxy) is 1. The molecule has 1 aromatic rings. The second-order valence-electron chi connectivity index (χ2n) is 5.80. The molecule has 0 radical (unpaired) electrons. The van der Waals surface area contributed by atoms with Crippen molar-refractivity contribution in [2.24, 2.45) is 10.9 Å². The van der Waals surface area contributed by atoms with Crippen LogP contribution in [0, 0.1) is 0 Å². The highest BCUT2D eigenvalue weighted by Crippen LogP contribution is 2.40. The van der Waals surface area contributed by atoms with E-state index in [4.69, 9.17) is 11.5 Å². The maximum atomic E-state index is 12.6. The van der Waals surface area contributed by atoms with Crippen LogP contribution in [0.3, 0.4) is 0 Å². The van der Waals surface area contributed by atoms with Crippen molar-refractivity contribution in [1.82, 2.24) is 19.6 Å². The third-order valence-electron chi connectivity index (χ3n) is 3.98. The number of carboxylic acid groups (broad SMARTS) is 1. The monoisotopic (exact) mass is 457 g/mol. The zero-order chi connectivity index (χ0) is 22.0. The number of hydrogen-bond donors (Lipinski definition) is 4. The molecule has 0 saturated carbocycles. The van der Waals surface area contributed by atoms with Crippen LogP contribution in [0.5, 0.6) is 0 Å². The van der Waals surface area contributed by atoms with Crippen LogP contribution in [-0.4, -0.2) is 79.8 Å². The number of hydrogen-bond acceptors (Lipinski definition) is 12. The molecule has 1 saturated heterocycles. The van der Waals surface area contributed by atoms with Gasteiger partial charge in [-0.2, -0.15) is 9.36 Å². The minimum absolute atomic E-state index is 0.0752. The number of nitrogens with zero attached hydrogens (tertiary/aromatic N) is 4. The van der Waals surface area contributed by atoms with Gasteiger partial charge in [-0.1, -0.05) is 5.16 Å². The van der Waals surface area contributed by atoms with Crippen LogP contribution >= 0.6 is 23.3 Å². The molecule has 0 spiro atoms. The highest BCUT2D eigenvalue weighted by Gasteiger charge is 2.54.